The topological polar surface area (TPSA) is 78.4 Å². The van der Waals surface area contributed by atoms with Crippen molar-refractivity contribution >= 4 is 34.1 Å². The number of carbonyl (C=O) groups is 1. The van der Waals surface area contributed by atoms with Gasteiger partial charge in [-0.1, -0.05) is 12.1 Å². The van der Waals surface area contributed by atoms with Crippen molar-refractivity contribution in [3.63, 3.8) is 0 Å². The summed E-state index contributed by atoms with van der Waals surface area (Å²) in [6, 6.07) is 13.4. The molecule has 0 aliphatic rings. The smallest absolute Gasteiger partial charge is 0.412 e. The summed E-state index contributed by atoms with van der Waals surface area (Å²) in [7, 11) is 1.52. The van der Waals surface area contributed by atoms with Crippen LogP contribution in [0, 0.1) is 6.92 Å². The van der Waals surface area contributed by atoms with Gasteiger partial charge >= 0.3 is 6.09 Å². The van der Waals surface area contributed by atoms with Crippen LogP contribution in [-0.4, -0.2) is 28.2 Å². The Labute approximate surface area is 143 Å². The van der Waals surface area contributed by atoms with E-state index in [9.17, 15) is 4.79 Å². The first-order chi connectivity index (χ1) is 11.5. The molecule has 2 heterocycles. The van der Waals surface area contributed by atoms with Gasteiger partial charge in [-0.2, -0.15) is 0 Å². The van der Waals surface area contributed by atoms with E-state index in [1.165, 1.54) is 23.3 Å². The molecule has 0 saturated heterocycles. The quantitative estimate of drug-likeness (QED) is 0.737. The first-order valence-corrected chi connectivity index (χ1v) is 8.08. The fourth-order valence-corrected chi connectivity index (χ4v) is 3.08. The fourth-order valence-electron chi connectivity index (χ4n) is 2.15. The lowest BCUT2D eigenvalue weighted by Crippen LogP contribution is -2.22. The first-order valence-electron chi connectivity index (χ1n) is 7.26. The summed E-state index contributed by atoms with van der Waals surface area (Å²) in [6.45, 7) is 2.02. The maximum absolute atomic E-state index is 11.0. The second kappa shape index (κ2) is 6.67. The van der Waals surface area contributed by atoms with Gasteiger partial charge < -0.3 is 10.4 Å². The Bertz CT molecular complexity index is 878. The monoisotopic (exact) mass is 340 g/mol. The third-order valence-corrected chi connectivity index (χ3v) is 4.58. The van der Waals surface area contributed by atoms with Crippen LogP contribution in [0.4, 0.5) is 21.4 Å². The van der Waals surface area contributed by atoms with Crippen LogP contribution in [-0.2, 0) is 0 Å². The number of benzene rings is 1. The van der Waals surface area contributed by atoms with E-state index >= 15 is 0 Å². The number of thiophene rings is 1. The first kappa shape index (κ1) is 15.9. The lowest BCUT2D eigenvalue weighted by Gasteiger charge is -2.09. The molecule has 2 N–H and O–H groups in total. The molecule has 0 fully saturated rings. The van der Waals surface area contributed by atoms with Gasteiger partial charge in [-0.05, 0) is 42.8 Å². The summed E-state index contributed by atoms with van der Waals surface area (Å²) in [5.74, 6) is 0.500. The van der Waals surface area contributed by atoms with Gasteiger partial charge in [0, 0.05) is 18.9 Å². The third-order valence-electron chi connectivity index (χ3n) is 3.39. The Kier molecular flexibility index (Phi) is 4.43. The minimum absolute atomic E-state index is 0.500. The van der Waals surface area contributed by atoms with Crippen LogP contribution in [0.1, 0.15) is 5.56 Å². The zero-order valence-corrected chi connectivity index (χ0v) is 14.0. The minimum atomic E-state index is -0.993. The molecule has 2 aromatic heterocycles. The molecule has 6 nitrogen and oxygen atoms in total. The Morgan fingerprint density at radius 3 is 2.83 bits per heavy atom. The number of nitrogens with one attached hydrogen (secondary N) is 1. The van der Waals surface area contributed by atoms with Crippen molar-refractivity contribution in [2.75, 3.05) is 17.3 Å². The van der Waals surface area contributed by atoms with E-state index in [2.05, 4.69) is 15.3 Å². The van der Waals surface area contributed by atoms with Crippen LogP contribution in [0.5, 0.6) is 0 Å². The highest BCUT2D eigenvalue weighted by Gasteiger charge is 2.13. The van der Waals surface area contributed by atoms with Crippen LogP contribution in [0.15, 0.2) is 48.7 Å². The highest BCUT2D eigenvalue weighted by molar-refractivity contribution is 7.19. The number of aromatic nitrogens is 2. The maximum Gasteiger partial charge on any atom is 0.412 e. The van der Waals surface area contributed by atoms with Crippen molar-refractivity contribution in [2.24, 2.45) is 0 Å². The molecule has 3 rings (SSSR count). The Hall–Kier alpha value is -2.93. The van der Waals surface area contributed by atoms with Gasteiger partial charge in [-0.3, -0.25) is 4.90 Å². The molecule has 0 spiro atoms. The van der Waals surface area contributed by atoms with Crippen LogP contribution in [0.3, 0.4) is 0 Å². The van der Waals surface area contributed by atoms with Crippen molar-refractivity contribution < 1.29 is 9.90 Å². The van der Waals surface area contributed by atoms with Gasteiger partial charge in [-0.25, -0.2) is 14.8 Å². The second-order valence-corrected chi connectivity index (χ2v) is 6.30. The third kappa shape index (κ3) is 3.52. The number of rotatable bonds is 4. The molecular formula is C17H16N4O2S. The standard InChI is InChI=1S/C17H16N4O2S/c1-11-4-3-5-12(10-11)19-16-18-9-8-13(20-16)14-6-7-15(24-14)21(2)17(22)23/h3-10H,1-2H3,(H,22,23)(H,18,19,20). The minimum Gasteiger partial charge on any atom is -0.465 e. The van der Waals surface area contributed by atoms with Crippen LogP contribution in [0.2, 0.25) is 0 Å². The van der Waals surface area contributed by atoms with Crippen LogP contribution in [0.25, 0.3) is 10.6 Å². The normalized spacial score (nSPS) is 10.4. The Morgan fingerprint density at radius 2 is 2.08 bits per heavy atom. The summed E-state index contributed by atoms with van der Waals surface area (Å²) >= 11 is 1.37. The van der Waals surface area contributed by atoms with Gasteiger partial charge in [0.05, 0.1) is 10.6 Å². The molecule has 3 aromatic rings. The molecule has 24 heavy (non-hydrogen) atoms. The van der Waals surface area contributed by atoms with Crippen molar-refractivity contribution in [3.05, 3.63) is 54.2 Å². The van der Waals surface area contributed by atoms with E-state index in [-0.39, 0.29) is 0 Å². The van der Waals surface area contributed by atoms with Crippen LogP contribution < -0.4 is 10.2 Å². The van der Waals surface area contributed by atoms with Gasteiger partial charge in [0.1, 0.15) is 5.00 Å². The number of aryl methyl sites for hydroxylation is 1. The summed E-state index contributed by atoms with van der Waals surface area (Å²) in [4.78, 5) is 21.8. The second-order valence-electron chi connectivity index (χ2n) is 5.24. The molecular weight excluding hydrogens is 324 g/mol. The van der Waals surface area contributed by atoms with Gasteiger partial charge in [0.2, 0.25) is 5.95 Å². The predicted octanol–water partition coefficient (Wildman–Crippen LogP) is 4.37. The van der Waals surface area contributed by atoms with E-state index in [0.717, 1.165) is 21.8 Å². The molecule has 0 aliphatic carbocycles. The summed E-state index contributed by atoms with van der Waals surface area (Å²) in [6.07, 6.45) is 0.689. The number of hydrogen-bond donors (Lipinski definition) is 2. The molecule has 122 valence electrons. The number of anilines is 3. The SMILES string of the molecule is Cc1cccc(Nc2nccc(-c3ccc(N(C)C(=O)O)s3)n2)c1. The zero-order valence-electron chi connectivity index (χ0n) is 13.2. The largest absolute Gasteiger partial charge is 0.465 e. The van der Waals surface area contributed by atoms with Gasteiger partial charge in [0.25, 0.3) is 0 Å². The summed E-state index contributed by atoms with van der Waals surface area (Å²) in [5.41, 5.74) is 2.82. The average molecular weight is 340 g/mol. The molecule has 0 atom stereocenters. The highest BCUT2D eigenvalue weighted by atomic mass is 32.1. The molecule has 0 bridgehead atoms. The molecule has 1 aromatic carbocycles. The van der Waals surface area contributed by atoms with E-state index < -0.39 is 6.09 Å². The van der Waals surface area contributed by atoms with Crippen molar-refractivity contribution in [1.29, 1.82) is 0 Å². The number of amides is 1. The van der Waals surface area contributed by atoms with Gasteiger partial charge in [0.15, 0.2) is 0 Å². The Morgan fingerprint density at radius 1 is 1.25 bits per heavy atom. The van der Waals surface area contributed by atoms with Crippen molar-refractivity contribution in [3.8, 4) is 10.6 Å². The molecule has 0 saturated carbocycles. The summed E-state index contributed by atoms with van der Waals surface area (Å²) in [5, 5.41) is 12.9. The van der Waals surface area contributed by atoms with E-state index in [1.807, 2.05) is 37.3 Å². The lowest BCUT2D eigenvalue weighted by atomic mass is 10.2. The summed E-state index contributed by atoms with van der Waals surface area (Å²) < 4.78 is 0. The van der Waals surface area contributed by atoms with E-state index in [4.69, 9.17) is 5.11 Å². The number of nitrogens with zero attached hydrogens (tertiary/aromatic N) is 3. The van der Waals surface area contributed by atoms with Crippen molar-refractivity contribution in [1.82, 2.24) is 9.97 Å². The fraction of sp³-hybridized carbons (Fsp3) is 0.118. The molecule has 0 radical (unpaired) electrons. The van der Waals surface area contributed by atoms with Crippen LogP contribution >= 0.6 is 11.3 Å². The zero-order chi connectivity index (χ0) is 17.1. The number of hydrogen-bond acceptors (Lipinski definition) is 5. The maximum atomic E-state index is 11.0. The predicted molar refractivity (Wildman–Crippen MR) is 96.2 cm³/mol. The van der Waals surface area contributed by atoms with E-state index in [0.29, 0.717) is 10.9 Å². The van der Waals surface area contributed by atoms with E-state index in [1.54, 1.807) is 18.3 Å². The lowest BCUT2D eigenvalue weighted by molar-refractivity contribution is 0.203. The number of carboxylic acid groups (broad SMARTS) is 1. The van der Waals surface area contributed by atoms with Crippen molar-refractivity contribution in [2.45, 2.75) is 6.92 Å². The average Bonchev–Trinajstić information content (AvgIpc) is 3.04. The molecule has 0 aliphatic heterocycles. The molecule has 1 amide bonds. The molecule has 0 unspecified atom stereocenters. The molecule has 7 heteroatoms. The van der Waals surface area contributed by atoms with Gasteiger partial charge in [-0.15, -0.1) is 11.3 Å². The highest BCUT2D eigenvalue weighted by Crippen LogP contribution is 2.32. The Balaban J connectivity index is 1.84.